The Kier molecular flexibility index (Phi) is 21.0. The van der Waals surface area contributed by atoms with Crippen molar-refractivity contribution in [2.45, 2.75) is 123 Å². The molecule has 2 aliphatic rings. The number of H-pyrrole nitrogens is 2. The quantitative estimate of drug-likeness (QED) is 0.169. The molecule has 6 heterocycles. The van der Waals surface area contributed by atoms with Gasteiger partial charge in [0.15, 0.2) is 0 Å². The molecule has 13 rings (SSSR count). The van der Waals surface area contributed by atoms with Gasteiger partial charge in [-0.25, -0.2) is 4.98 Å². The van der Waals surface area contributed by atoms with E-state index in [1.165, 1.54) is 142 Å². The average molecular weight is 1140 g/mol. The van der Waals surface area contributed by atoms with Crippen molar-refractivity contribution in [3.63, 3.8) is 0 Å². The molecule has 0 amide bonds. The van der Waals surface area contributed by atoms with Crippen molar-refractivity contribution in [1.82, 2.24) is 28.1 Å². The van der Waals surface area contributed by atoms with Crippen LogP contribution in [-0.4, -0.2) is 63.7 Å². The van der Waals surface area contributed by atoms with E-state index < -0.39 is 10.2 Å². The Morgan fingerprint density at radius 3 is 1.73 bits per heavy atom. The van der Waals surface area contributed by atoms with Gasteiger partial charge in [-0.1, -0.05) is 102 Å². The Morgan fingerprint density at radius 2 is 1.12 bits per heavy atom. The summed E-state index contributed by atoms with van der Waals surface area (Å²) in [5.74, 6) is 0. The van der Waals surface area contributed by atoms with Gasteiger partial charge in [0.1, 0.15) is 0 Å². The summed E-state index contributed by atoms with van der Waals surface area (Å²) in [5.41, 5.74) is 22.6. The fourth-order valence-electron chi connectivity index (χ4n) is 10.2. The predicted octanol–water partition coefficient (Wildman–Crippen LogP) is 18.4. The van der Waals surface area contributed by atoms with Crippen LogP contribution in [0.5, 0.6) is 0 Å². The van der Waals surface area contributed by atoms with Crippen molar-refractivity contribution in [1.29, 1.82) is 0 Å². The molecule has 0 atom stereocenters. The van der Waals surface area contributed by atoms with E-state index >= 15 is 0 Å². The molecule has 1 aliphatic heterocycles. The van der Waals surface area contributed by atoms with Gasteiger partial charge >= 0.3 is 0 Å². The van der Waals surface area contributed by atoms with Gasteiger partial charge in [-0.3, -0.25) is 0 Å². The summed E-state index contributed by atoms with van der Waals surface area (Å²) in [4.78, 5) is 15.2. The Labute approximate surface area is 491 Å². The van der Waals surface area contributed by atoms with E-state index in [4.69, 9.17) is 0 Å². The first-order valence-electron chi connectivity index (χ1n) is 28.2. The molecular formula is C70H86N6O2S3. The molecule has 0 spiro atoms. The number of aromatic nitrogens is 4. The highest BCUT2D eigenvalue weighted by Gasteiger charge is 2.27. The molecule has 0 radical (unpaired) electrons. The van der Waals surface area contributed by atoms with Crippen LogP contribution in [0, 0.1) is 83.1 Å². The molecule has 8 nitrogen and oxygen atoms in total. The highest BCUT2D eigenvalue weighted by Crippen LogP contribution is 2.34. The van der Waals surface area contributed by atoms with Crippen molar-refractivity contribution in [3.05, 3.63) is 215 Å². The largest absolute Gasteiger partial charge is 0.358 e. The molecule has 2 N–H and O–H groups in total. The number of nitrogens with one attached hydrogen (secondary N) is 2. The van der Waals surface area contributed by atoms with E-state index in [1.54, 1.807) is 36.4 Å². The first kappa shape index (κ1) is 62.0. The van der Waals surface area contributed by atoms with Crippen molar-refractivity contribution < 1.29 is 8.42 Å². The van der Waals surface area contributed by atoms with Crippen LogP contribution in [0.4, 0.5) is 0 Å². The number of rotatable bonds is 2. The third-order valence-corrected chi connectivity index (χ3v) is 20.9. The molecule has 0 fully saturated rings. The lowest BCUT2D eigenvalue weighted by atomic mass is 10.0. The number of imidazole rings is 1. The first-order valence-corrected chi connectivity index (χ1v) is 31.3. The fraction of sp³-hybridized carbons (Fsp3) is 0.329. The van der Waals surface area contributed by atoms with Crippen LogP contribution in [0.1, 0.15) is 103 Å². The maximum absolute atomic E-state index is 11.8. The third kappa shape index (κ3) is 14.9. The predicted molar refractivity (Wildman–Crippen MR) is 353 cm³/mol. The molecule has 0 unspecified atom stereocenters. The lowest BCUT2D eigenvalue weighted by molar-refractivity contribution is 0.382. The average Bonchev–Trinajstić information content (AvgIpc) is 4.35. The summed E-state index contributed by atoms with van der Waals surface area (Å²) in [6.07, 6.45) is 6.64. The summed E-state index contributed by atoms with van der Waals surface area (Å²) in [7, 11) is 2.02. The van der Waals surface area contributed by atoms with Gasteiger partial charge in [0, 0.05) is 86.8 Å². The zero-order valence-electron chi connectivity index (χ0n) is 51.2. The molecule has 0 saturated heterocycles. The van der Waals surface area contributed by atoms with E-state index in [9.17, 15) is 8.42 Å². The monoisotopic (exact) mass is 1140 g/mol. The summed E-state index contributed by atoms with van der Waals surface area (Å²) < 4.78 is 30.0. The van der Waals surface area contributed by atoms with Crippen molar-refractivity contribution >= 4 is 86.6 Å². The topological polar surface area (TPSA) is 90.0 Å². The minimum absolute atomic E-state index is 0.534. The van der Waals surface area contributed by atoms with Gasteiger partial charge in [0.05, 0.1) is 17.4 Å². The molecule has 11 heteroatoms. The van der Waals surface area contributed by atoms with Crippen LogP contribution in [0.15, 0.2) is 139 Å². The fourth-order valence-corrected chi connectivity index (χ4v) is 13.7. The van der Waals surface area contributed by atoms with E-state index in [-0.39, 0.29) is 0 Å². The Hall–Kier alpha value is -6.60. The van der Waals surface area contributed by atoms with Gasteiger partial charge in [0.25, 0.3) is 10.2 Å². The van der Waals surface area contributed by atoms with Gasteiger partial charge in [-0.05, 0) is 219 Å². The van der Waals surface area contributed by atoms with Gasteiger partial charge < -0.3 is 14.5 Å². The number of nitrogens with zero attached hydrogens (tertiary/aromatic N) is 4. The van der Waals surface area contributed by atoms with E-state index in [0.29, 0.717) is 13.1 Å². The second-order valence-electron chi connectivity index (χ2n) is 22.1. The normalized spacial score (nSPS) is 13.1. The SMILES string of the molecule is CC1=C(C)CN(S(=O)(=O)N(C)C)CC1.Cc1[nH]c2ccccc2c1C.Cc1c(C)n(C)c2ccccc12.Cc1cc2ccccc2cc1C.Cc1cc2nc[nH]c2cc1C.Cc1sc2c(c1C)CCC2.Cc1sc2ccccc2c1C. The maximum Gasteiger partial charge on any atom is 0.281 e. The number of hydrogen-bond donors (Lipinski definition) is 2. The second-order valence-corrected chi connectivity index (χ2v) is 26.8. The second kappa shape index (κ2) is 27.4. The van der Waals surface area contributed by atoms with Crippen LogP contribution in [-0.2, 0) is 30.1 Å². The van der Waals surface area contributed by atoms with Gasteiger partial charge in [-0.15, -0.1) is 22.7 Å². The zero-order valence-corrected chi connectivity index (χ0v) is 53.6. The highest BCUT2D eigenvalue weighted by molar-refractivity contribution is 7.86. The number of aromatic amines is 2. The first-order chi connectivity index (χ1) is 38.5. The van der Waals surface area contributed by atoms with Crippen LogP contribution in [0.25, 0.3) is 53.7 Å². The Morgan fingerprint density at radius 1 is 0.556 bits per heavy atom. The molecule has 6 aromatic carbocycles. The Bertz CT molecular complexity index is 3890. The molecule has 11 aromatic rings. The van der Waals surface area contributed by atoms with Crippen LogP contribution in [0.3, 0.4) is 0 Å². The number of thiophene rings is 2. The Balaban J connectivity index is 0.000000136. The van der Waals surface area contributed by atoms with Crippen molar-refractivity contribution in [2.75, 3.05) is 27.2 Å². The van der Waals surface area contributed by atoms with Crippen molar-refractivity contribution in [3.8, 4) is 0 Å². The standard InChI is InChI=1S/C12H12.C11H13N.C10H11N.C10H10S.C9H18N2O2S.C9H10N2.C9H12S/c1-9-7-11-5-3-4-6-12(11)8-10(9)2;1-8-9(2)12(3)11-7-5-4-6-10(8)11;2*1-7-8(2)11-10-6-4-3-5-9(7)10;1-8-5-6-11(7-9(8)2)14(12,13)10(3)4;1-6-3-8-9(4-7(6)2)11-5-10-8;1-6-7(2)10-9-5-3-4-8(6)9/h3-8H,1-2H3;4-7H,1-3H3;3-6,11H,1-2H3;3-6H,1-2H3;5-7H2,1-4H3;3-5H,1-2H3,(H,10,11);3-5H2,1-2H3. The molecule has 426 valence electrons. The summed E-state index contributed by atoms with van der Waals surface area (Å²) in [6, 6.07) is 42.6. The number of benzene rings is 6. The minimum Gasteiger partial charge on any atom is -0.358 e. The van der Waals surface area contributed by atoms with Gasteiger partial charge in [0.2, 0.25) is 0 Å². The van der Waals surface area contributed by atoms with Crippen LogP contribution < -0.4 is 0 Å². The van der Waals surface area contributed by atoms with Crippen molar-refractivity contribution in [2.24, 2.45) is 7.05 Å². The molecule has 81 heavy (non-hydrogen) atoms. The lowest BCUT2D eigenvalue weighted by Gasteiger charge is -2.29. The molecule has 0 saturated carbocycles. The van der Waals surface area contributed by atoms with E-state index in [2.05, 4.69) is 238 Å². The number of para-hydroxylation sites is 2. The molecule has 1 aliphatic carbocycles. The van der Waals surface area contributed by atoms with Crippen LogP contribution in [0.2, 0.25) is 0 Å². The minimum atomic E-state index is -3.22. The summed E-state index contributed by atoms with van der Waals surface area (Å²) >= 11 is 3.88. The highest BCUT2D eigenvalue weighted by atomic mass is 32.2. The number of hydrogen-bond acceptors (Lipinski definition) is 5. The molecular weight excluding hydrogens is 1050 g/mol. The zero-order chi connectivity index (χ0) is 58.9. The smallest absolute Gasteiger partial charge is 0.281 e. The maximum atomic E-state index is 11.8. The van der Waals surface area contributed by atoms with E-state index in [1.807, 2.05) is 29.6 Å². The van der Waals surface area contributed by atoms with Gasteiger partial charge in [-0.2, -0.15) is 17.0 Å². The molecule has 5 aromatic heterocycles. The third-order valence-electron chi connectivity index (χ3n) is 16.5. The van der Waals surface area contributed by atoms with E-state index in [0.717, 1.165) is 17.5 Å². The summed E-state index contributed by atoms with van der Waals surface area (Å²) in [5, 5.41) is 6.79. The molecule has 0 bridgehead atoms. The van der Waals surface area contributed by atoms with Crippen LogP contribution >= 0.6 is 22.7 Å². The number of fused-ring (bicyclic) bond motifs is 6. The summed E-state index contributed by atoms with van der Waals surface area (Å²) in [6.45, 7) is 31.2. The number of aryl methyl sites for hydroxylation is 12. The lowest BCUT2D eigenvalue weighted by Crippen LogP contribution is -2.43.